The second kappa shape index (κ2) is 6.95. The first-order chi connectivity index (χ1) is 11.7. The zero-order valence-corrected chi connectivity index (χ0v) is 12.4. The maximum absolute atomic E-state index is 12.5. The number of rotatable bonds is 7. The van der Waals surface area contributed by atoms with Gasteiger partial charge >= 0.3 is 6.61 Å². The fraction of sp³-hybridized carbons (Fsp3) is 0.125. The third-order valence-corrected chi connectivity index (χ3v) is 3.34. The number of ether oxygens (including phenoxy) is 2. The van der Waals surface area contributed by atoms with Crippen molar-refractivity contribution in [3.8, 4) is 11.6 Å². The predicted octanol–water partition coefficient (Wildman–Crippen LogP) is 3.08. The van der Waals surface area contributed by atoms with E-state index in [1.807, 2.05) is 0 Å². The van der Waals surface area contributed by atoms with Crippen LogP contribution in [0, 0.1) is 0 Å². The van der Waals surface area contributed by atoms with Crippen molar-refractivity contribution in [3.63, 3.8) is 0 Å². The molecular formula is C16H13F2N3O3. The highest BCUT2D eigenvalue weighted by atomic mass is 19.3. The van der Waals surface area contributed by atoms with E-state index in [4.69, 9.17) is 4.74 Å². The van der Waals surface area contributed by atoms with Crippen LogP contribution in [-0.4, -0.2) is 22.5 Å². The molecule has 0 radical (unpaired) electrons. The second-order valence-electron chi connectivity index (χ2n) is 4.76. The molecule has 0 spiro atoms. The number of imidazole rings is 1. The summed E-state index contributed by atoms with van der Waals surface area (Å²) in [6.45, 7) is -2.38. The molecular weight excluding hydrogens is 320 g/mol. The SMILES string of the molecule is O=COc1c(NCc2ccccc2OC(F)F)ccc2nccn12. The van der Waals surface area contributed by atoms with E-state index in [2.05, 4.69) is 15.0 Å². The average molecular weight is 333 g/mol. The van der Waals surface area contributed by atoms with Crippen LogP contribution < -0.4 is 14.8 Å². The van der Waals surface area contributed by atoms with Crippen molar-refractivity contribution in [2.45, 2.75) is 13.2 Å². The number of para-hydroxylation sites is 1. The van der Waals surface area contributed by atoms with E-state index >= 15 is 0 Å². The van der Waals surface area contributed by atoms with Gasteiger partial charge in [-0.05, 0) is 18.2 Å². The molecule has 0 aliphatic carbocycles. The molecule has 0 amide bonds. The minimum Gasteiger partial charge on any atom is -0.434 e. The Bertz CT molecular complexity index is 851. The monoisotopic (exact) mass is 333 g/mol. The summed E-state index contributed by atoms with van der Waals surface area (Å²) in [5, 5.41) is 3.05. The first-order valence-corrected chi connectivity index (χ1v) is 7.02. The van der Waals surface area contributed by atoms with Gasteiger partial charge in [-0.1, -0.05) is 18.2 Å². The van der Waals surface area contributed by atoms with Gasteiger partial charge in [0.25, 0.3) is 6.47 Å². The summed E-state index contributed by atoms with van der Waals surface area (Å²) in [4.78, 5) is 14.9. The summed E-state index contributed by atoms with van der Waals surface area (Å²) in [7, 11) is 0. The van der Waals surface area contributed by atoms with Crippen LogP contribution in [0.3, 0.4) is 0 Å². The Kier molecular flexibility index (Phi) is 4.55. The van der Waals surface area contributed by atoms with Crippen molar-refractivity contribution in [1.29, 1.82) is 0 Å². The van der Waals surface area contributed by atoms with Crippen LogP contribution in [0.15, 0.2) is 48.8 Å². The molecule has 0 saturated carbocycles. The van der Waals surface area contributed by atoms with E-state index in [9.17, 15) is 13.6 Å². The fourth-order valence-electron chi connectivity index (χ4n) is 2.32. The number of hydrogen-bond acceptors (Lipinski definition) is 5. The Hall–Kier alpha value is -3.16. The van der Waals surface area contributed by atoms with Crippen molar-refractivity contribution < 1.29 is 23.0 Å². The van der Waals surface area contributed by atoms with Crippen molar-refractivity contribution in [1.82, 2.24) is 9.38 Å². The van der Waals surface area contributed by atoms with Crippen LogP contribution in [0.5, 0.6) is 11.6 Å². The van der Waals surface area contributed by atoms with Gasteiger partial charge in [0.2, 0.25) is 5.88 Å². The van der Waals surface area contributed by atoms with E-state index in [-0.39, 0.29) is 18.2 Å². The lowest BCUT2D eigenvalue weighted by Crippen LogP contribution is -2.08. The summed E-state index contributed by atoms with van der Waals surface area (Å²) in [5.74, 6) is 0.342. The van der Waals surface area contributed by atoms with Crippen molar-refractivity contribution >= 4 is 17.8 Å². The minimum atomic E-state index is -2.90. The fourth-order valence-corrected chi connectivity index (χ4v) is 2.32. The summed E-state index contributed by atoms with van der Waals surface area (Å²) >= 11 is 0. The zero-order valence-electron chi connectivity index (χ0n) is 12.4. The predicted molar refractivity (Wildman–Crippen MR) is 82.3 cm³/mol. The standard InChI is InChI=1S/C16H13F2N3O3/c17-16(18)24-13-4-2-1-3-11(13)9-20-12-5-6-14-19-7-8-21(14)15(12)23-10-22/h1-8,10,16,20H,9H2. The summed E-state index contributed by atoms with van der Waals surface area (Å²) in [5.41, 5.74) is 1.67. The molecule has 8 heteroatoms. The number of anilines is 1. The van der Waals surface area contributed by atoms with Crippen LogP contribution in [0.2, 0.25) is 0 Å². The van der Waals surface area contributed by atoms with Crippen LogP contribution in [-0.2, 0) is 11.3 Å². The molecule has 0 bridgehead atoms. The number of pyridine rings is 1. The number of aromatic nitrogens is 2. The molecule has 3 aromatic rings. The number of alkyl halides is 2. The van der Waals surface area contributed by atoms with Gasteiger partial charge in [-0.15, -0.1) is 0 Å². The van der Waals surface area contributed by atoms with Gasteiger partial charge in [0.1, 0.15) is 11.4 Å². The number of carbonyl (C=O) groups excluding carboxylic acids is 1. The van der Waals surface area contributed by atoms with E-state index in [0.29, 0.717) is 23.4 Å². The molecule has 0 aliphatic heterocycles. The molecule has 0 aliphatic rings. The Morgan fingerprint density at radius 1 is 1.25 bits per heavy atom. The quantitative estimate of drug-likeness (QED) is 0.673. The van der Waals surface area contributed by atoms with E-state index in [0.717, 1.165) is 0 Å². The number of nitrogens with one attached hydrogen (secondary N) is 1. The molecule has 2 aromatic heterocycles. The van der Waals surface area contributed by atoms with Gasteiger partial charge in [0, 0.05) is 24.5 Å². The van der Waals surface area contributed by atoms with Crippen molar-refractivity contribution in [2.75, 3.05) is 5.32 Å². The number of hydrogen-bond donors (Lipinski definition) is 1. The molecule has 24 heavy (non-hydrogen) atoms. The highest BCUT2D eigenvalue weighted by molar-refractivity contribution is 5.63. The molecule has 3 rings (SSSR count). The average Bonchev–Trinajstić information content (AvgIpc) is 3.04. The van der Waals surface area contributed by atoms with Gasteiger partial charge in [-0.2, -0.15) is 8.78 Å². The Labute approximate surface area is 135 Å². The molecule has 0 atom stereocenters. The van der Waals surface area contributed by atoms with Gasteiger partial charge in [0.15, 0.2) is 0 Å². The largest absolute Gasteiger partial charge is 0.434 e. The molecule has 0 unspecified atom stereocenters. The minimum absolute atomic E-state index is 0.0848. The lowest BCUT2D eigenvalue weighted by atomic mass is 10.2. The smallest absolute Gasteiger partial charge is 0.387 e. The van der Waals surface area contributed by atoms with Gasteiger partial charge in [-0.3, -0.25) is 9.20 Å². The number of halogens is 2. The van der Waals surface area contributed by atoms with E-state index in [1.165, 1.54) is 6.07 Å². The molecule has 6 nitrogen and oxygen atoms in total. The highest BCUT2D eigenvalue weighted by Gasteiger charge is 2.12. The number of benzene rings is 1. The lowest BCUT2D eigenvalue weighted by molar-refractivity contribution is -0.120. The van der Waals surface area contributed by atoms with Gasteiger partial charge in [-0.25, -0.2) is 4.98 Å². The first kappa shape index (κ1) is 15.7. The third-order valence-electron chi connectivity index (χ3n) is 3.34. The summed E-state index contributed by atoms with van der Waals surface area (Å²) < 4.78 is 36.0. The van der Waals surface area contributed by atoms with Crippen LogP contribution in [0.1, 0.15) is 5.56 Å². The Balaban J connectivity index is 1.86. The van der Waals surface area contributed by atoms with Crippen LogP contribution in [0.25, 0.3) is 5.65 Å². The number of carbonyl (C=O) groups is 1. The van der Waals surface area contributed by atoms with Crippen LogP contribution in [0.4, 0.5) is 14.5 Å². The van der Waals surface area contributed by atoms with Crippen molar-refractivity contribution in [3.05, 3.63) is 54.4 Å². The zero-order chi connectivity index (χ0) is 16.9. The Morgan fingerprint density at radius 3 is 2.88 bits per heavy atom. The molecule has 2 heterocycles. The first-order valence-electron chi connectivity index (χ1n) is 7.02. The third kappa shape index (κ3) is 3.27. The lowest BCUT2D eigenvalue weighted by Gasteiger charge is -2.14. The van der Waals surface area contributed by atoms with E-state index < -0.39 is 6.61 Å². The van der Waals surface area contributed by atoms with Gasteiger partial charge in [0.05, 0.1) is 5.69 Å². The molecule has 0 saturated heterocycles. The van der Waals surface area contributed by atoms with Crippen molar-refractivity contribution in [2.24, 2.45) is 0 Å². The summed E-state index contributed by atoms with van der Waals surface area (Å²) in [6, 6.07) is 9.89. The second-order valence-corrected chi connectivity index (χ2v) is 4.76. The number of nitrogens with zero attached hydrogens (tertiary/aromatic N) is 2. The highest BCUT2D eigenvalue weighted by Crippen LogP contribution is 2.27. The normalized spacial score (nSPS) is 10.8. The molecule has 1 N–H and O–H groups in total. The van der Waals surface area contributed by atoms with E-state index in [1.54, 1.807) is 47.1 Å². The molecule has 1 aromatic carbocycles. The Morgan fingerprint density at radius 2 is 2.08 bits per heavy atom. The molecule has 124 valence electrons. The van der Waals surface area contributed by atoms with Crippen LogP contribution >= 0.6 is 0 Å². The topological polar surface area (TPSA) is 64.9 Å². The van der Waals surface area contributed by atoms with Gasteiger partial charge < -0.3 is 14.8 Å². The molecule has 0 fully saturated rings. The maximum atomic E-state index is 12.5. The maximum Gasteiger partial charge on any atom is 0.387 e. The summed E-state index contributed by atoms with van der Waals surface area (Å²) in [6.07, 6.45) is 3.22. The number of fused-ring (bicyclic) bond motifs is 1.